The average Bonchev–Trinajstić information content (AvgIpc) is 2.98. The van der Waals surface area contributed by atoms with E-state index in [4.69, 9.17) is 0 Å². The van der Waals surface area contributed by atoms with Crippen molar-refractivity contribution < 1.29 is 13.2 Å². The van der Waals surface area contributed by atoms with Crippen molar-refractivity contribution in [1.82, 2.24) is 14.6 Å². The molecular weight excluding hydrogens is 322 g/mol. The van der Waals surface area contributed by atoms with E-state index in [1.165, 1.54) is 51.0 Å². The first-order valence-corrected chi connectivity index (χ1v) is 9.63. The van der Waals surface area contributed by atoms with Gasteiger partial charge in [-0.25, -0.2) is 17.7 Å². The van der Waals surface area contributed by atoms with Gasteiger partial charge >= 0.3 is 0 Å². The lowest BCUT2D eigenvalue weighted by Gasteiger charge is -2.12. The highest BCUT2D eigenvalue weighted by Crippen LogP contribution is 2.20. The highest BCUT2D eigenvalue weighted by molar-refractivity contribution is 7.99. The fourth-order valence-corrected chi connectivity index (χ4v) is 3.80. The van der Waals surface area contributed by atoms with Gasteiger partial charge in [0.25, 0.3) is 0 Å². The van der Waals surface area contributed by atoms with Crippen LogP contribution in [0, 0.1) is 0 Å². The molecule has 122 valence electrons. The first-order chi connectivity index (χ1) is 10.4. The summed E-state index contributed by atoms with van der Waals surface area (Å²) < 4.78 is 25.0. The minimum absolute atomic E-state index is 0.00342. The molecule has 1 fully saturated rings. The summed E-state index contributed by atoms with van der Waals surface area (Å²) in [4.78, 5) is 16.1. The van der Waals surface area contributed by atoms with Crippen LogP contribution in [0.15, 0.2) is 28.3 Å². The third kappa shape index (κ3) is 4.44. The topological polar surface area (TPSA) is 79.4 Å². The number of rotatable bonds is 6. The minimum atomic E-state index is -3.46. The van der Waals surface area contributed by atoms with Gasteiger partial charge in [-0.2, -0.15) is 0 Å². The molecule has 0 saturated heterocycles. The number of hydrogen-bond donors (Lipinski definition) is 1. The van der Waals surface area contributed by atoms with E-state index in [-0.39, 0.29) is 10.8 Å². The Morgan fingerprint density at radius 1 is 1.36 bits per heavy atom. The van der Waals surface area contributed by atoms with Crippen LogP contribution in [0.3, 0.4) is 0 Å². The van der Waals surface area contributed by atoms with E-state index in [1.807, 2.05) is 0 Å². The van der Waals surface area contributed by atoms with Crippen molar-refractivity contribution in [2.75, 3.05) is 19.8 Å². The predicted octanol–water partition coefficient (Wildman–Crippen LogP) is 1.48. The van der Waals surface area contributed by atoms with Crippen molar-refractivity contribution in [2.45, 2.75) is 41.6 Å². The Bertz CT molecular complexity index is 609. The van der Waals surface area contributed by atoms with Crippen LogP contribution in [-0.4, -0.2) is 49.5 Å². The maximum Gasteiger partial charge on any atom is 0.244 e. The number of nitrogens with one attached hydrogen (secondary N) is 1. The summed E-state index contributed by atoms with van der Waals surface area (Å²) in [6, 6.07) is 3.46. The van der Waals surface area contributed by atoms with Crippen LogP contribution < -0.4 is 5.32 Å². The minimum Gasteiger partial charge on any atom is -0.353 e. The largest absolute Gasteiger partial charge is 0.353 e. The van der Waals surface area contributed by atoms with Gasteiger partial charge in [-0.05, 0) is 25.0 Å². The van der Waals surface area contributed by atoms with Gasteiger partial charge < -0.3 is 5.32 Å². The molecule has 0 bridgehead atoms. The quantitative estimate of drug-likeness (QED) is 0.792. The van der Waals surface area contributed by atoms with Crippen LogP contribution in [0.4, 0.5) is 0 Å². The monoisotopic (exact) mass is 343 g/mol. The highest BCUT2D eigenvalue weighted by atomic mass is 32.2. The summed E-state index contributed by atoms with van der Waals surface area (Å²) in [6.07, 6.45) is 5.81. The third-order valence-corrected chi connectivity index (χ3v) is 6.30. The van der Waals surface area contributed by atoms with Crippen LogP contribution >= 0.6 is 11.8 Å². The zero-order chi connectivity index (χ0) is 16.2. The number of pyridine rings is 1. The Morgan fingerprint density at radius 3 is 2.59 bits per heavy atom. The number of amides is 1. The van der Waals surface area contributed by atoms with Crippen molar-refractivity contribution in [3.63, 3.8) is 0 Å². The van der Waals surface area contributed by atoms with Crippen LogP contribution in [-0.2, 0) is 14.8 Å². The molecule has 1 aliphatic rings. The first-order valence-electron chi connectivity index (χ1n) is 7.20. The van der Waals surface area contributed by atoms with E-state index >= 15 is 0 Å². The standard InChI is InChI=1S/C14H21N3O3S2/c1-17(2)22(19,20)12-7-8-14(15-9-12)21-10-13(18)16-11-5-3-4-6-11/h7-9,11H,3-6,10H2,1-2H3,(H,16,18). The van der Waals surface area contributed by atoms with Crippen molar-refractivity contribution in [3.8, 4) is 0 Å². The molecule has 6 nitrogen and oxygen atoms in total. The maximum atomic E-state index is 11.9. The van der Waals surface area contributed by atoms with Crippen LogP contribution in [0.1, 0.15) is 25.7 Å². The Labute approximate surface area is 135 Å². The van der Waals surface area contributed by atoms with E-state index in [0.29, 0.717) is 16.8 Å². The summed E-state index contributed by atoms with van der Waals surface area (Å²) in [6.45, 7) is 0. The zero-order valence-electron chi connectivity index (χ0n) is 12.8. The van der Waals surface area contributed by atoms with Crippen LogP contribution in [0.5, 0.6) is 0 Å². The second-order valence-corrected chi connectivity index (χ2v) is 8.60. The zero-order valence-corrected chi connectivity index (χ0v) is 14.4. The average molecular weight is 343 g/mol. The molecular formula is C14H21N3O3S2. The molecule has 8 heteroatoms. The molecule has 1 amide bonds. The molecule has 1 aromatic rings. The number of carbonyl (C=O) groups excluding carboxylic acids is 1. The smallest absolute Gasteiger partial charge is 0.244 e. The fourth-order valence-electron chi connectivity index (χ4n) is 2.29. The second kappa shape index (κ2) is 7.43. The normalized spacial score (nSPS) is 16.1. The van der Waals surface area contributed by atoms with E-state index in [0.717, 1.165) is 17.1 Å². The number of hydrogen-bond acceptors (Lipinski definition) is 5. The fraction of sp³-hybridized carbons (Fsp3) is 0.571. The summed E-state index contributed by atoms with van der Waals surface area (Å²) >= 11 is 1.31. The Balaban J connectivity index is 1.87. The summed E-state index contributed by atoms with van der Waals surface area (Å²) in [5.41, 5.74) is 0. The van der Waals surface area contributed by atoms with E-state index in [1.54, 1.807) is 6.07 Å². The second-order valence-electron chi connectivity index (χ2n) is 5.46. The van der Waals surface area contributed by atoms with Gasteiger partial charge in [0.1, 0.15) is 4.90 Å². The lowest BCUT2D eigenvalue weighted by molar-refractivity contribution is -0.119. The van der Waals surface area contributed by atoms with E-state index in [9.17, 15) is 13.2 Å². The van der Waals surface area contributed by atoms with Gasteiger partial charge in [-0.1, -0.05) is 24.6 Å². The predicted molar refractivity (Wildman–Crippen MR) is 86.2 cm³/mol. The van der Waals surface area contributed by atoms with Crippen molar-refractivity contribution >= 4 is 27.7 Å². The number of thioether (sulfide) groups is 1. The van der Waals surface area contributed by atoms with Gasteiger partial charge in [0.05, 0.1) is 10.8 Å². The van der Waals surface area contributed by atoms with Gasteiger partial charge in [-0.3, -0.25) is 4.79 Å². The molecule has 0 aromatic carbocycles. The van der Waals surface area contributed by atoms with Gasteiger partial charge in [0, 0.05) is 26.3 Å². The maximum absolute atomic E-state index is 11.9. The molecule has 22 heavy (non-hydrogen) atoms. The molecule has 1 aromatic heterocycles. The molecule has 1 saturated carbocycles. The molecule has 0 atom stereocenters. The lowest BCUT2D eigenvalue weighted by atomic mass is 10.2. The van der Waals surface area contributed by atoms with Crippen LogP contribution in [0.2, 0.25) is 0 Å². The first kappa shape index (κ1) is 17.2. The van der Waals surface area contributed by atoms with Gasteiger partial charge in [0.2, 0.25) is 15.9 Å². The van der Waals surface area contributed by atoms with Crippen molar-refractivity contribution in [2.24, 2.45) is 0 Å². The Kier molecular flexibility index (Phi) is 5.82. The molecule has 0 spiro atoms. The third-order valence-electron chi connectivity index (χ3n) is 3.56. The Morgan fingerprint density at radius 2 is 2.05 bits per heavy atom. The van der Waals surface area contributed by atoms with Crippen molar-refractivity contribution in [1.29, 1.82) is 0 Å². The summed E-state index contributed by atoms with van der Waals surface area (Å²) in [5, 5.41) is 3.65. The highest BCUT2D eigenvalue weighted by Gasteiger charge is 2.18. The number of carbonyl (C=O) groups is 1. The van der Waals surface area contributed by atoms with E-state index in [2.05, 4.69) is 10.3 Å². The molecule has 0 unspecified atom stereocenters. The molecule has 1 heterocycles. The van der Waals surface area contributed by atoms with Gasteiger partial charge in [0.15, 0.2) is 0 Å². The summed E-state index contributed by atoms with van der Waals surface area (Å²) in [5.74, 6) is 0.298. The van der Waals surface area contributed by atoms with Crippen LogP contribution in [0.25, 0.3) is 0 Å². The molecule has 2 rings (SSSR count). The van der Waals surface area contributed by atoms with E-state index < -0.39 is 10.0 Å². The summed E-state index contributed by atoms with van der Waals surface area (Å²) in [7, 11) is -0.503. The van der Waals surface area contributed by atoms with Crippen molar-refractivity contribution in [3.05, 3.63) is 18.3 Å². The molecule has 0 aliphatic heterocycles. The molecule has 1 aliphatic carbocycles. The number of nitrogens with zero attached hydrogens (tertiary/aromatic N) is 2. The molecule has 1 N–H and O–H groups in total. The lowest BCUT2D eigenvalue weighted by Crippen LogP contribution is -2.33. The Hall–Kier alpha value is -1.12. The number of aromatic nitrogens is 1. The number of sulfonamides is 1. The van der Waals surface area contributed by atoms with Gasteiger partial charge in [-0.15, -0.1) is 0 Å². The molecule has 0 radical (unpaired) electrons. The SMILES string of the molecule is CN(C)S(=O)(=O)c1ccc(SCC(=O)NC2CCCC2)nc1.